The molecule has 4 heterocycles. The Balaban J connectivity index is 1.22. The minimum Gasteiger partial charge on any atom is -0.412 e. The van der Waals surface area contributed by atoms with Gasteiger partial charge in [0.2, 0.25) is 6.73 Å². The van der Waals surface area contributed by atoms with E-state index in [0.29, 0.717) is 23.0 Å². The van der Waals surface area contributed by atoms with Crippen molar-refractivity contribution < 1.29 is 22.9 Å². The quantitative estimate of drug-likeness (QED) is 0.340. The highest BCUT2D eigenvalue weighted by atomic mass is 19.1. The molecule has 38 heavy (non-hydrogen) atoms. The Labute approximate surface area is 220 Å². The molecule has 1 fully saturated rings. The molecule has 0 spiro atoms. The number of likely N-dealkylation sites (tertiary alicyclic amines) is 1. The molecule has 2 aliphatic heterocycles. The Morgan fingerprint density at radius 2 is 2.03 bits per heavy atom. The number of hydrogen-bond acceptors (Lipinski definition) is 6. The van der Waals surface area contributed by atoms with Gasteiger partial charge in [-0.15, -0.1) is 0 Å². The summed E-state index contributed by atoms with van der Waals surface area (Å²) in [7, 11) is 0. The van der Waals surface area contributed by atoms with Crippen LogP contribution in [0.5, 0.6) is 0 Å². The van der Waals surface area contributed by atoms with E-state index in [4.69, 9.17) is 14.2 Å². The number of fused-ring (bicyclic) bond motifs is 2. The molecular formula is C29H34FN4O4+. The highest BCUT2D eigenvalue weighted by molar-refractivity contribution is 5.94. The van der Waals surface area contributed by atoms with Gasteiger partial charge in [0.25, 0.3) is 5.56 Å². The lowest BCUT2D eigenvalue weighted by Gasteiger charge is -2.42. The molecule has 6 rings (SSSR count). The van der Waals surface area contributed by atoms with Crippen molar-refractivity contribution in [2.45, 2.75) is 71.3 Å². The van der Waals surface area contributed by atoms with Crippen LogP contribution < -0.4 is 5.56 Å². The Morgan fingerprint density at radius 3 is 2.79 bits per heavy atom. The molecule has 2 aromatic heterocycles. The fourth-order valence-electron chi connectivity index (χ4n) is 6.15. The lowest BCUT2D eigenvalue weighted by atomic mass is 9.90. The number of quaternary nitrogens is 1. The highest BCUT2D eigenvalue weighted by Gasteiger charge is 2.38. The number of ether oxygens (including phenoxy) is 1. The van der Waals surface area contributed by atoms with Crippen molar-refractivity contribution in [1.29, 1.82) is 0 Å². The summed E-state index contributed by atoms with van der Waals surface area (Å²) >= 11 is 0. The van der Waals surface area contributed by atoms with E-state index < -0.39 is 0 Å². The number of esters is 1. The number of hydrogen-bond donors (Lipinski definition) is 0. The number of halogens is 1. The largest absolute Gasteiger partial charge is 0.412 e. The maximum atomic E-state index is 13.6. The van der Waals surface area contributed by atoms with E-state index in [1.807, 2.05) is 18.4 Å². The predicted molar refractivity (Wildman–Crippen MR) is 139 cm³/mol. The van der Waals surface area contributed by atoms with Gasteiger partial charge < -0.3 is 9.26 Å². The topological polar surface area (TPSA) is 87.2 Å². The number of piperidine rings is 1. The van der Waals surface area contributed by atoms with Crippen LogP contribution in [0.4, 0.5) is 4.39 Å². The molecule has 1 aromatic carbocycles. The summed E-state index contributed by atoms with van der Waals surface area (Å²) in [5, 5.41) is 5.14. The van der Waals surface area contributed by atoms with Gasteiger partial charge in [0.05, 0.1) is 25.3 Å². The molecule has 0 amide bonds. The van der Waals surface area contributed by atoms with Gasteiger partial charge >= 0.3 is 5.97 Å². The number of rotatable bonds is 7. The molecule has 200 valence electrons. The summed E-state index contributed by atoms with van der Waals surface area (Å²) in [4.78, 5) is 30.7. The summed E-state index contributed by atoms with van der Waals surface area (Å²) in [6, 6.07) is 4.55. The van der Waals surface area contributed by atoms with Crippen LogP contribution in [-0.4, -0.2) is 51.5 Å². The number of aryl methyl sites for hydroxylation is 2. The molecule has 0 radical (unpaired) electrons. The lowest BCUT2D eigenvalue weighted by Crippen LogP contribution is -2.55. The van der Waals surface area contributed by atoms with Crippen LogP contribution >= 0.6 is 0 Å². The second kappa shape index (κ2) is 9.76. The Hall–Kier alpha value is -3.33. The second-order valence-electron chi connectivity index (χ2n) is 11.2. The van der Waals surface area contributed by atoms with E-state index >= 15 is 0 Å². The van der Waals surface area contributed by atoms with Crippen molar-refractivity contribution in [3.63, 3.8) is 0 Å². The Kier molecular flexibility index (Phi) is 6.42. The van der Waals surface area contributed by atoms with Gasteiger partial charge in [-0.2, -0.15) is 0 Å². The van der Waals surface area contributed by atoms with E-state index in [9.17, 15) is 14.0 Å². The monoisotopic (exact) mass is 521 g/mol. The molecule has 0 atom stereocenters. The number of allylic oxidation sites excluding steroid dienone is 1. The van der Waals surface area contributed by atoms with E-state index in [1.165, 1.54) is 12.1 Å². The zero-order valence-corrected chi connectivity index (χ0v) is 22.1. The zero-order chi connectivity index (χ0) is 26.4. The van der Waals surface area contributed by atoms with Crippen molar-refractivity contribution >= 4 is 16.9 Å². The molecule has 0 bridgehead atoms. The number of carbonyl (C=O) groups excluding carboxylic acids is 1. The molecule has 3 aliphatic rings. The minimum atomic E-state index is -0.342. The Morgan fingerprint density at radius 1 is 1.24 bits per heavy atom. The van der Waals surface area contributed by atoms with Crippen LogP contribution in [0.25, 0.3) is 11.0 Å². The van der Waals surface area contributed by atoms with Crippen LogP contribution in [0.1, 0.15) is 67.7 Å². The van der Waals surface area contributed by atoms with E-state index in [1.54, 1.807) is 6.07 Å². The standard InChI is InChI=1S/C29H34FN4O4/c1-18-15-24(18)29(36)37-17-34(14-10-22-19(2)31-26-5-3-4-11-33(26)28(22)35)12-8-20(9-13-34)27-23-7-6-21(30)16-25(23)38-32-27/h6-7,16,20H,3-5,8-15,17H2,1-2H3/q+1. The van der Waals surface area contributed by atoms with Crippen LogP contribution in [0.3, 0.4) is 0 Å². The summed E-state index contributed by atoms with van der Waals surface area (Å²) in [5.41, 5.74) is 4.87. The van der Waals surface area contributed by atoms with Crippen molar-refractivity contribution in [3.05, 3.63) is 68.3 Å². The lowest BCUT2D eigenvalue weighted by molar-refractivity contribution is -0.948. The zero-order valence-electron chi connectivity index (χ0n) is 22.1. The molecule has 0 saturated carbocycles. The first-order valence-corrected chi connectivity index (χ1v) is 13.7. The molecular weight excluding hydrogens is 487 g/mol. The van der Waals surface area contributed by atoms with Gasteiger partial charge in [0.15, 0.2) is 5.58 Å². The van der Waals surface area contributed by atoms with E-state index in [0.717, 1.165) is 97.5 Å². The molecule has 8 nitrogen and oxygen atoms in total. The second-order valence-corrected chi connectivity index (χ2v) is 11.2. The van der Waals surface area contributed by atoms with Crippen LogP contribution in [0, 0.1) is 12.7 Å². The normalized spacial score (nSPS) is 23.0. The third kappa shape index (κ3) is 4.68. The first-order chi connectivity index (χ1) is 18.3. The molecule has 1 saturated heterocycles. The summed E-state index contributed by atoms with van der Waals surface area (Å²) in [6.45, 7) is 7.17. The molecule has 0 N–H and O–H groups in total. The first kappa shape index (κ1) is 25.0. The van der Waals surface area contributed by atoms with Crippen molar-refractivity contribution in [2.24, 2.45) is 0 Å². The van der Waals surface area contributed by atoms with Gasteiger partial charge in [-0.1, -0.05) is 10.7 Å². The highest BCUT2D eigenvalue weighted by Crippen LogP contribution is 2.36. The summed E-state index contributed by atoms with van der Waals surface area (Å²) in [6.07, 6.45) is 5.92. The molecule has 9 heteroatoms. The summed E-state index contributed by atoms with van der Waals surface area (Å²) in [5.74, 6) is 0.507. The van der Waals surface area contributed by atoms with Crippen LogP contribution in [-0.2, 0) is 28.9 Å². The van der Waals surface area contributed by atoms with Crippen LogP contribution in [0.2, 0.25) is 0 Å². The van der Waals surface area contributed by atoms with Crippen LogP contribution in [0.15, 0.2) is 38.7 Å². The Bertz CT molecular complexity index is 1500. The first-order valence-electron chi connectivity index (χ1n) is 13.7. The average molecular weight is 522 g/mol. The van der Waals surface area contributed by atoms with E-state index in [-0.39, 0.29) is 30.0 Å². The van der Waals surface area contributed by atoms with Gasteiger partial charge in [-0.3, -0.25) is 13.8 Å². The number of nitrogens with zero attached hydrogens (tertiary/aromatic N) is 4. The van der Waals surface area contributed by atoms with E-state index in [2.05, 4.69) is 5.16 Å². The molecule has 3 aromatic rings. The maximum absolute atomic E-state index is 13.6. The third-order valence-corrected chi connectivity index (χ3v) is 8.72. The van der Waals surface area contributed by atoms with Crippen molar-refractivity contribution in [1.82, 2.24) is 14.7 Å². The minimum absolute atomic E-state index is 0.0808. The SMILES string of the molecule is CC1=C(C(=O)OC[N+]2(CCc3c(C)nc4n(c3=O)CCCC4)CCC(c3noc4cc(F)ccc34)CC2)C1. The van der Waals surface area contributed by atoms with Gasteiger partial charge in [-0.25, -0.2) is 14.2 Å². The third-order valence-electron chi connectivity index (χ3n) is 8.72. The maximum Gasteiger partial charge on any atom is 0.338 e. The molecule has 1 aliphatic carbocycles. The van der Waals surface area contributed by atoms with Crippen molar-refractivity contribution in [2.75, 3.05) is 26.4 Å². The fraction of sp³-hybridized carbons (Fsp3) is 0.517. The fourth-order valence-corrected chi connectivity index (χ4v) is 6.15. The van der Waals surface area contributed by atoms with Gasteiger partial charge in [0.1, 0.15) is 11.6 Å². The number of aromatic nitrogens is 3. The van der Waals surface area contributed by atoms with Gasteiger partial charge in [0, 0.05) is 72.8 Å². The van der Waals surface area contributed by atoms with Crippen molar-refractivity contribution in [3.8, 4) is 0 Å². The molecule has 0 unspecified atom stereocenters. The number of carbonyl (C=O) groups is 1. The number of benzene rings is 1. The summed E-state index contributed by atoms with van der Waals surface area (Å²) < 4.78 is 27.3. The smallest absolute Gasteiger partial charge is 0.338 e. The van der Waals surface area contributed by atoms with Gasteiger partial charge in [-0.05, 0) is 38.8 Å². The average Bonchev–Trinajstić information content (AvgIpc) is 3.51. The predicted octanol–water partition coefficient (Wildman–Crippen LogP) is 4.33.